The molecule has 0 saturated carbocycles. The zero-order chi connectivity index (χ0) is 9.84. The lowest BCUT2D eigenvalue weighted by molar-refractivity contribution is -0.113. The van der Waals surface area contributed by atoms with Crippen LogP contribution in [0.2, 0.25) is 5.02 Å². The Balaban J connectivity index is 2.83. The molecule has 0 aliphatic heterocycles. The molecule has 0 radical (unpaired) electrons. The number of anilines is 1. The Bertz CT molecular complexity index is 332. The average molecular weight is 220 g/mol. The van der Waals surface area contributed by atoms with Gasteiger partial charge in [-0.3, -0.25) is 4.79 Å². The number of amides is 1. The molecule has 2 nitrogen and oxygen atoms in total. The van der Waals surface area contributed by atoms with Gasteiger partial charge in [-0.1, -0.05) is 11.6 Å². The third kappa shape index (κ3) is 2.90. The van der Waals surface area contributed by atoms with Crippen LogP contribution in [0, 0.1) is 5.82 Å². The van der Waals surface area contributed by atoms with E-state index in [1.54, 1.807) is 0 Å². The molecule has 0 aliphatic carbocycles. The topological polar surface area (TPSA) is 29.1 Å². The Hall–Kier alpha value is -0.740. The molecule has 1 amide bonds. The summed E-state index contributed by atoms with van der Waals surface area (Å²) in [5, 5.41) is 2.63. The summed E-state index contributed by atoms with van der Waals surface area (Å²) in [5.74, 6) is -0.894. The maximum atomic E-state index is 13.0. The first-order chi connectivity index (χ1) is 6.13. The quantitative estimate of drug-likeness (QED) is 0.735. The molecule has 0 fully saturated rings. The van der Waals surface area contributed by atoms with Crippen LogP contribution in [0.3, 0.4) is 0 Å². The molecule has 0 heterocycles. The van der Waals surface area contributed by atoms with E-state index in [1.807, 2.05) is 0 Å². The van der Waals surface area contributed by atoms with E-state index in [0.717, 1.165) is 6.07 Å². The van der Waals surface area contributed by atoms with Crippen LogP contribution < -0.4 is 5.32 Å². The van der Waals surface area contributed by atoms with Crippen molar-refractivity contribution in [2.24, 2.45) is 0 Å². The smallest absolute Gasteiger partial charge is 0.234 e. The molecule has 1 aromatic carbocycles. The summed E-state index contributed by atoms with van der Waals surface area (Å²) in [6.45, 7) is 0. The van der Waals surface area contributed by atoms with Gasteiger partial charge in [0.15, 0.2) is 0 Å². The molecule has 70 valence electrons. The van der Waals surface area contributed by atoms with Gasteiger partial charge in [-0.25, -0.2) is 4.39 Å². The maximum absolute atomic E-state index is 13.0. The van der Waals surface area contributed by atoms with Gasteiger partial charge in [-0.2, -0.15) is 12.6 Å². The molecule has 0 saturated heterocycles. The first-order valence-corrected chi connectivity index (χ1v) is 4.50. The van der Waals surface area contributed by atoms with Crippen LogP contribution in [-0.2, 0) is 4.79 Å². The average Bonchev–Trinajstić information content (AvgIpc) is 2.09. The van der Waals surface area contributed by atoms with Crippen molar-refractivity contribution >= 4 is 35.8 Å². The highest BCUT2D eigenvalue weighted by molar-refractivity contribution is 7.81. The summed E-state index contributed by atoms with van der Waals surface area (Å²) in [5.41, 5.74) is 0.114. The Morgan fingerprint density at radius 3 is 2.85 bits per heavy atom. The highest BCUT2D eigenvalue weighted by Gasteiger charge is 2.05. The first kappa shape index (κ1) is 10.3. The van der Waals surface area contributed by atoms with E-state index in [1.165, 1.54) is 12.1 Å². The van der Waals surface area contributed by atoms with E-state index in [0.29, 0.717) is 5.02 Å². The minimum absolute atomic E-state index is 0.0159. The van der Waals surface area contributed by atoms with Crippen LogP contribution in [0.15, 0.2) is 18.2 Å². The fourth-order valence-electron chi connectivity index (χ4n) is 0.781. The second-order valence-corrected chi connectivity index (χ2v) is 3.08. The second kappa shape index (κ2) is 4.48. The predicted molar refractivity (Wildman–Crippen MR) is 53.9 cm³/mol. The van der Waals surface area contributed by atoms with Gasteiger partial charge in [0.05, 0.1) is 11.4 Å². The van der Waals surface area contributed by atoms with Gasteiger partial charge in [0.2, 0.25) is 5.91 Å². The Morgan fingerprint density at radius 2 is 2.31 bits per heavy atom. The molecule has 13 heavy (non-hydrogen) atoms. The number of carbonyl (C=O) groups is 1. The summed E-state index contributed by atoms with van der Waals surface area (Å²) < 4.78 is 13.0. The van der Waals surface area contributed by atoms with Crippen molar-refractivity contribution in [2.45, 2.75) is 0 Å². The van der Waals surface area contributed by atoms with Gasteiger partial charge in [0, 0.05) is 5.02 Å². The normalized spacial score (nSPS) is 9.77. The Kier molecular flexibility index (Phi) is 3.57. The number of hydrogen-bond acceptors (Lipinski definition) is 2. The van der Waals surface area contributed by atoms with Gasteiger partial charge in [0.25, 0.3) is 0 Å². The molecule has 0 aliphatic rings. The zero-order valence-electron chi connectivity index (χ0n) is 6.55. The highest BCUT2D eigenvalue weighted by Crippen LogP contribution is 2.18. The van der Waals surface area contributed by atoms with Crippen molar-refractivity contribution in [3.05, 3.63) is 29.0 Å². The lowest BCUT2D eigenvalue weighted by Crippen LogP contribution is -2.13. The van der Waals surface area contributed by atoms with Gasteiger partial charge < -0.3 is 5.32 Å². The fourth-order valence-corrected chi connectivity index (χ4v) is 1.02. The van der Waals surface area contributed by atoms with Crippen LogP contribution in [0.25, 0.3) is 0 Å². The number of nitrogens with one attached hydrogen (secondary N) is 1. The van der Waals surface area contributed by atoms with Crippen molar-refractivity contribution < 1.29 is 9.18 Å². The molecule has 0 unspecified atom stereocenters. The lowest BCUT2D eigenvalue weighted by Gasteiger charge is -2.04. The Labute approximate surface area is 85.5 Å². The van der Waals surface area contributed by atoms with Gasteiger partial charge in [-0.05, 0) is 18.2 Å². The number of halogens is 2. The van der Waals surface area contributed by atoms with Crippen molar-refractivity contribution in [1.29, 1.82) is 0 Å². The Morgan fingerprint density at radius 1 is 1.62 bits per heavy atom. The summed E-state index contributed by atoms with van der Waals surface area (Å²) in [6.07, 6.45) is 0. The summed E-state index contributed by atoms with van der Waals surface area (Å²) in [4.78, 5) is 10.8. The van der Waals surface area contributed by atoms with E-state index in [-0.39, 0.29) is 17.3 Å². The molecule has 1 N–H and O–H groups in total. The van der Waals surface area contributed by atoms with E-state index >= 15 is 0 Å². The largest absolute Gasteiger partial charge is 0.323 e. The SMILES string of the molecule is O=C(CS)Nc1ccc(Cl)cc1F. The predicted octanol–water partition coefficient (Wildman–Crippen LogP) is 2.35. The molecule has 0 bridgehead atoms. The second-order valence-electron chi connectivity index (χ2n) is 2.33. The van der Waals surface area contributed by atoms with Crippen LogP contribution in [0.5, 0.6) is 0 Å². The van der Waals surface area contributed by atoms with Crippen LogP contribution in [0.1, 0.15) is 0 Å². The number of hydrogen-bond donors (Lipinski definition) is 2. The van der Waals surface area contributed by atoms with Gasteiger partial charge in [0.1, 0.15) is 5.82 Å². The third-order valence-electron chi connectivity index (χ3n) is 1.35. The summed E-state index contributed by atoms with van der Waals surface area (Å²) in [7, 11) is 0. The van der Waals surface area contributed by atoms with Gasteiger partial charge in [-0.15, -0.1) is 0 Å². The molecular formula is C8H7ClFNOS. The number of rotatable bonds is 2. The van der Waals surface area contributed by atoms with Crippen LogP contribution >= 0.6 is 24.2 Å². The number of carbonyl (C=O) groups excluding carboxylic acids is 1. The monoisotopic (exact) mass is 219 g/mol. The van der Waals surface area contributed by atoms with Crippen molar-refractivity contribution in [2.75, 3.05) is 11.1 Å². The molecular weight excluding hydrogens is 213 g/mol. The zero-order valence-corrected chi connectivity index (χ0v) is 8.20. The summed E-state index contributed by atoms with van der Waals surface area (Å²) >= 11 is 9.26. The van der Waals surface area contributed by atoms with E-state index in [9.17, 15) is 9.18 Å². The molecule has 0 spiro atoms. The molecule has 0 atom stereocenters. The van der Waals surface area contributed by atoms with Crippen LogP contribution in [-0.4, -0.2) is 11.7 Å². The van der Waals surface area contributed by atoms with Crippen molar-refractivity contribution in [3.63, 3.8) is 0 Å². The summed E-state index contributed by atoms with van der Waals surface area (Å²) in [6, 6.07) is 4.04. The minimum Gasteiger partial charge on any atom is -0.323 e. The molecule has 1 aromatic rings. The maximum Gasteiger partial charge on any atom is 0.234 e. The van der Waals surface area contributed by atoms with Crippen molar-refractivity contribution in [1.82, 2.24) is 0 Å². The van der Waals surface area contributed by atoms with Gasteiger partial charge >= 0.3 is 0 Å². The lowest BCUT2D eigenvalue weighted by atomic mass is 10.3. The van der Waals surface area contributed by atoms with Crippen LogP contribution in [0.4, 0.5) is 10.1 Å². The van der Waals surface area contributed by atoms with E-state index in [4.69, 9.17) is 11.6 Å². The fraction of sp³-hybridized carbons (Fsp3) is 0.125. The van der Waals surface area contributed by atoms with Crippen molar-refractivity contribution in [3.8, 4) is 0 Å². The highest BCUT2D eigenvalue weighted by atomic mass is 35.5. The standard InChI is InChI=1S/C8H7ClFNOS/c9-5-1-2-7(6(10)3-5)11-8(12)4-13/h1-3,13H,4H2,(H,11,12). The first-order valence-electron chi connectivity index (χ1n) is 3.49. The molecule has 0 aromatic heterocycles. The van der Waals surface area contributed by atoms with E-state index in [2.05, 4.69) is 17.9 Å². The molecule has 1 rings (SSSR count). The minimum atomic E-state index is -0.553. The third-order valence-corrected chi connectivity index (χ3v) is 1.87. The number of thiol groups is 1. The van der Waals surface area contributed by atoms with E-state index < -0.39 is 5.82 Å². The molecule has 5 heteroatoms. The number of benzene rings is 1.